The molecule has 2 N–H and O–H groups in total. The van der Waals surface area contributed by atoms with Crippen molar-refractivity contribution in [2.24, 2.45) is 0 Å². The fraction of sp³-hybridized carbons (Fsp3) is 0.571. The Kier molecular flexibility index (Phi) is 2.82. The van der Waals surface area contributed by atoms with Gasteiger partial charge in [-0.3, -0.25) is 0 Å². The van der Waals surface area contributed by atoms with E-state index in [1.165, 1.54) is 0 Å². The number of aromatic nitrogens is 2. The highest BCUT2D eigenvalue weighted by Crippen LogP contribution is 2.02. The minimum Gasteiger partial charge on any atom is -0.310 e. The third-order valence-electron chi connectivity index (χ3n) is 1.57. The van der Waals surface area contributed by atoms with Gasteiger partial charge in [0, 0.05) is 11.4 Å². The van der Waals surface area contributed by atoms with Gasteiger partial charge in [-0.2, -0.15) is 11.8 Å². The smallest absolute Gasteiger partial charge is 0.310 e. The number of imidazole rings is 1. The lowest BCUT2D eigenvalue weighted by atomic mass is 10.3. The molecule has 0 aromatic carbocycles. The molecule has 0 aliphatic carbocycles. The summed E-state index contributed by atoms with van der Waals surface area (Å²) in [5, 5.41) is 0. The van der Waals surface area contributed by atoms with Crippen molar-refractivity contribution >= 4 is 11.8 Å². The Morgan fingerprint density at radius 1 is 1.45 bits per heavy atom. The average Bonchev–Trinajstić information content (AvgIpc) is 2.26. The predicted molar refractivity (Wildman–Crippen MR) is 48.2 cm³/mol. The second kappa shape index (κ2) is 3.67. The first-order chi connectivity index (χ1) is 5.24. The van der Waals surface area contributed by atoms with Gasteiger partial charge in [0.25, 0.3) is 0 Å². The summed E-state index contributed by atoms with van der Waals surface area (Å²) in [7, 11) is 0. The van der Waals surface area contributed by atoms with Crippen molar-refractivity contribution in [3.05, 3.63) is 21.9 Å². The molecule has 1 aromatic rings. The lowest BCUT2D eigenvalue weighted by Gasteiger charge is -1.94. The molecule has 0 bridgehead atoms. The lowest BCUT2D eigenvalue weighted by molar-refractivity contribution is 1.04. The largest absolute Gasteiger partial charge is 0.323 e. The number of nitrogens with one attached hydrogen (secondary N) is 2. The van der Waals surface area contributed by atoms with E-state index in [1.54, 1.807) is 11.8 Å². The Morgan fingerprint density at radius 3 is 2.64 bits per heavy atom. The summed E-state index contributed by atoms with van der Waals surface area (Å²) in [6, 6.07) is 0. The average molecular weight is 172 g/mol. The van der Waals surface area contributed by atoms with Crippen LogP contribution in [-0.4, -0.2) is 22.0 Å². The Labute approximate surface area is 69.6 Å². The normalized spacial score (nSPS) is 10.4. The molecule has 0 aliphatic rings. The van der Waals surface area contributed by atoms with Crippen LogP contribution in [0.25, 0.3) is 0 Å². The molecule has 0 saturated carbocycles. The Morgan fingerprint density at radius 2 is 2.18 bits per heavy atom. The van der Waals surface area contributed by atoms with Crippen molar-refractivity contribution < 1.29 is 0 Å². The molecule has 0 spiro atoms. The van der Waals surface area contributed by atoms with Crippen molar-refractivity contribution in [3.63, 3.8) is 0 Å². The summed E-state index contributed by atoms with van der Waals surface area (Å²) >= 11 is 1.78. The van der Waals surface area contributed by atoms with E-state index < -0.39 is 0 Å². The molecule has 0 aliphatic heterocycles. The zero-order valence-electron chi connectivity index (χ0n) is 6.73. The lowest BCUT2D eigenvalue weighted by Crippen LogP contribution is -2.01. The van der Waals surface area contributed by atoms with E-state index in [1.807, 2.05) is 6.92 Å². The van der Waals surface area contributed by atoms with Crippen LogP contribution < -0.4 is 5.69 Å². The number of aromatic amines is 2. The first-order valence-corrected chi connectivity index (χ1v) is 4.90. The van der Waals surface area contributed by atoms with Gasteiger partial charge in [-0.25, -0.2) is 4.79 Å². The maximum Gasteiger partial charge on any atom is 0.323 e. The molecule has 0 unspecified atom stereocenters. The first-order valence-electron chi connectivity index (χ1n) is 3.50. The molecular formula is C7H12N2OS. The SMILES string of the molecule is CSCCc1[nH]c(=O)[nH]c1C. The standard InChI is InChI=1S/C7H12N2OS/c1-5-6(3-4-11-2)9-7(10)8-5/h3-4H2,1-2H3,(H2,8,9,10). The predicted octanol–water partition coefficient (Wildman–Crippen LogP) is 0.917. The van der Waals surface area contributed by atoms with Crippen molar-refractivity contribution in [3.8, 4) is 0 Å². The molecule has 62 valence electrons. The summed E-state index contributed by atoms with van der Waals surface area (Å²) in [6.45, 7) is 1.91. The second-order valence-corrected chi connectivity index (χ2v) is 3.41. The third-order valence-corrected chi connectivity index (χ3v) is 2.19. The number of thioether (sulfide) groups is 1. The van der Waals surface area contributed by atoms with E-state index in [9.17, 15) is 4.79 Å². The number of aryl methyl sites for hydroxylation is 2. The third kappa shape index (κ3) is 2.15. The summed E-state index contributed by atoms with van der Waals surface area (Å²) < 4.78 is 0. The Bertz CT molecular complexity index is 276. The van der Waals surface area contributed by atoms with Gasteiger partial charge in [0.2, 0.25) is 0 Å². The van der Waals surface area contributed by atoms with Gasteiger partial charge in [-0.05, 0) is 25.4 Å². The van der Waals surface area contributed by atoms with Crippen LogP contribution in [0.3, 0.4) is 0 Å². The van der Waals surface area contributed by atoms with Gasteiger partial charge in [0.1, 0.15) is 0 Å². The number of rotatable bonds is 3. The van der Waals surface area contributed by atoms with Gasteiger partial charge in [-0.1, -0.05) is 0 Å². The second-order valence-electron chi connectivity index (χ2n) is 2.43. The topological polar surface area (TPSA) is 48.6 Å². The van der Waals surface area contributed by atoms with Crippen molar-refractivity contribution in [1.29, 1.82) is 0 Å². The van der Waals surface area contributed by atoms with Gasteiger partial charge in [0.15, 0.2) is 0 Å². The van der Waals surface area contributed by atoms with Crippen LogP contribution in [0.5, 0.6) is 0 Å². The number of H-pyrrole nitrogens is 2. The first kappa shape index (κ1) is 8.46. The van der Waals surface area contributed by atoms with Crippen LogP contribution in [-0.2, 0) is 6.42 Å². The number of hydrogen-bond acceptors (Lipinski definition) is 2. The quantitative estimate of drug-likeness (QED) is 0.712. The van der Waals surface area contributed by atoms with Crippen LogP contribution in [0.15, 0.2) is 4.79 Å². The van der Waals surface area contributed by atoms with Gasteiger partial charge >= 0.3 is 5.69 Å². The molecule has 0 atom stereocenters. The van der Waals surface area contributed by atoms with Crippen LogP contribution >= 0.6 is 11.8 Å². The van der Waals surface area contributed by atoms with Crippen LogP contribution in [0.4, 0.5) is 0 Å². The van der Waals surface area contributed by atoms with E-state index in [-0.39, 0.29) is 5.69 Å². The van der Waals surface area contributed by atoms with Crippen molar-refractivity contribution in [1.82, 2.24) is 9.97 Å². The summed E-state index contributed by atoms with van der Waals surface area (Å²) in [6.07, 6.45) is 2.99. The highest BCUT2D eigenvalue weighted by atomic mass is 32.2. The maximum atomic E-state index is 10.8. The molecule has 0 saturated heterocycles. The van der Waals surface area contributed by atoms with E-state index in [0.717, 1.165) is 23.6 Å². The summed E-state index contributed by atoms with van der Waals surface area (Å²) in [5.41, 5.74) is 1.90. The van der Waals surface area contributed by atoms with E-state index in [0.29, 0.717) is 0 Å². The van der Waals surface area contributed by atoms with Gasteiger partial charge in [-0.15, -0.1) is 0 Å². The molecule has 1 aromatic heterocycles. The molecular weight excluding hydrogens is 160 g/mol. The minimum absolute atomic E-state index is 0.0985. The fourth-order valence-electron chi connectivity index (χ4n) is 0.962. The molecule has 1 rings (SSSR count). The Balaban J connectivity index is 2.69. The molecule has 3 nitrogen and oxygen atoms in total. The van der Waals surface area contributed by atoms with Crippen molar-refractivity contribution in [2.75, 3.05) is 12.0 Å². The van der Waals surface area contributed by atoms with Gasteiger partial charge < -0.3 is 9.97 Å². The monoisotopic (exact) mass is 172 g/mol. The van der Waals surface area contributed by atoms with Crippen LogP contribution in [0.1, 0.15) is 11.4 Å². The molecule has 1 heterocycles. The minimum atomic E-state index is -0.0985. The highest BCUT2D eigenvalue weighted by Gasteiger charge is 2.00. The Hall–Kier alpha value is -0.640. The summed E-state index contributed by atoms with van der Waals surface area (Å²) in [5.74, 6) is 1.05. The zero-order chi connectivity index (χ0) is 8.27. The molecule has 0 amide bonds. The highest BCUT2D eigenvalue weighted by molar-refractivity contribution is 7.98. The number of hydrogen-bond donors (Lipinski definition) is 2. The van der Waals surface area contributed by atoms with Crippen molar-refractivity contribution in [2.45, 2.75) is 13.3 Å². The zero-order valence-corrected chi connectivity index (χ0v) is 7.55. The van der Waals surface area contributed by atoms with E-state index in [2.05, 4.69) is 16.2 Å². The van der Waals surface area contributed by atoms with E-state index >= 15 is 0 Å². The molecule has 0 fully saturated rings. The van der Waals surface area contributed by atoms with Gasteiger partial charge in [0.05, 0.1) is 0 Å². The molecule has 4 heteroatoms. The summed E-state index contributed by atoms with van der Waals surface area (Å²) in [4.78, 5) is 16.2. The van der Waals surface area contributed by atoms with Crippen LogP contribution in [0.2, 0.25) is 0 Å². The maximum absolute atomic E-state index is 10.8. The van der Waals surface area contributed by atoms with Crippen LogP contribution in [0, 0.1) is 6.92 Å². The molecule has 11 heavy (non-hydrogen) atoms. The van der Waals surface area contributed by atoms with E-state index in [4.69, 9.17) is 0 Å². The molecule has 0 radical (unpaired) electrons. The fourth-order valence-corrected chi connectivity index (χ4v) is 1.37.